The van der Waals surface area contributed by atoms with Crippen LogP contribution < -0.4 is 4.74 Å². The number of benzene rings is 1. The van der Waals surface area contributed by atoms with Crippen molar-refractivity contribution in [2.24, 2.45) is 0 Å². The second-order valence-corrected chi connectivity index (χ2v) is 5.46. The third kappa shape index (κ3) is 3.45. The van der Waals surface area contributed by atoms with Gasteiger partial charge in [0.05, 0.1) is 11.6 Å². The van der Waals surface area contributed by atoms with E-state index in [2.05, 4.69) is 27.8 Å². The van der Waals surface area contributed by atoms with Gasteiger partial charge in [0.2, 0.25) is 0 Å². The first-order chi connectivity index (χ1) is 9.13. The van der Waals surface area contributed by atoms with Crippen molar-refractivity contribution in [2.45, 2.75) is 13.3 Å². The van der Waals surface area contributed by atoms with Gasteiger partial charge in [-0.2, -0.15) is 0 Å². The van der Waals surface area contributed by atoms with Gasteiger partial charge < -0.3 is 4.74 Å². The lowest BCUT2D eigenvalue weighted by molar-refractivity contribution is -0.117. The predicted molar refractivity (Wildman–Crippen MR) is 80.4 cm³/mol. The van der Waals surface area contributed by atoms with Crippen molar-refractivity contribution in [3.63, 3.8) is 0 Å². The fourth-order valence-electron chi connectivity index (χ4n) is 2.20. The van der Waals surface area contributed by atoms with E-state index in [-0.39, 0.29) is 5.78 Å². The molecule has 0 aromatic heterocycles. The lowest BCUT2D eigenvalue weighted by Gasteiger charge is -2.26. The minimum absolute atomic E-state index is 0.261. The third-order valence-electron chi connectivity index (χ3n) is 3.37. The minimum Gasteiger partial charge on any atom is -0.496 e. The van der Waals surface area contributed by atoms with Crippen LogP contribution in [0, 0.1) is 0 Å². The Bertz CT molecular complexity index is 511. The number of halogens is 1. The van der Waals surface area contributed by atoms with Crippen LogP contribution in [0.2, 0.25) is 0 Å². The summed E-state index contributed by atoms with van der Waals surface area (Å²) >= 11 is 3.46. The molecule has 1 fully saturated rings. The first-order valence-corrected chi connectivity index (χ1v) is 7.23. The summed E-state index contributed by atoms with van der Waals surface area (Å²) in [6.45, 7) is 4.73. The van der Waals surface area contributed by atoms with Crippen LogP contribution in [0.1, 0.15) is 18.9 Å². The van der Waals surface area contributed by atoms with Crippen LogP contribution in [0.4, 0.5) is 0 Å². The van der Waals surface area contributed by atoms with Crippen molar-refractivity contribution in [2.75, 3.05) is 26.7 Å². The molecule has 0 radical (unpaired) electrons. The second kappa shape index (κ2) is 6.35. The van der Waals surface area contributed by atoms with E-state index in [1.165, 1.54) is 0 Å². The van der Waals surface area contributed by atoms with Crippen LogP contribution in [0.3, 0.4) is 0 Å². The molecule has 4 heteroatoms. The molecule has 3 nitrogen and oxygen atoms in total. The van der Waals surface area contributed by atoms with Gasteiger partial charge in [0.1, 0.15) is 5.75 Å². The highest BCUT2D eigenvalue weighted by atomic mass is 79.9. The summed E-state index contributed by atoms with van der Waals surface area (Å²) in [5.41, 5.74) is 1.92. The fourth-order valence-corrected chi connectivity index (χ4v) is 2.76. The lowest BCUT2D eigenvalue weighted by atomic mass is 10.0. The second-order valence-electron chi connectivity index (χ2n) is 4.61. The third-order valence-corrected chi connectivity index (χ3v) is 3.99. The number of carbonyl (C=O) groups excluding carboxylic acids is 1. The normalized spacial score (nSPS) is 18.9. The summed E-state index contributed by atoms with van der Waals surface area (Å²) in [6.07, 6.45) is 2.60. The van der Waals surface area contributed by atoms with Gasteiger partial charge >= 0.3 is 0 Å². The first kappa shape index (κ1) is 14.3. The molecule has 1 aliphatic rings. The zero-order valence-corrected chi connectivity index (χ0v) is 12.9. The molecule has 0 atom stereocenters. The van der Waals surface area contributed by atoms with Crippen LogP contribution in [-0.2, 0) is 4.79 Å². The number of ketones is 1. The number of ether oxygens (including phenoxy) is 1. The molecule has 1 heterocycles. The average Bonchev–Trinajstić information content (AvgIpc) is 2.41. The maximum Gasteiger partial charge on any atom is 0.161 e. The summed E-state index contributed by atoms with van der Waals surface area (Å²) in [7, 11) is 1.64. The van der Waals surface area contributed by atoms with Crippen LogP contribution in [0.25, 0.3) is 6.08 Å². The van der Waals surface area contributed by atoms with Crippen LogP contribution in [0.15, 0.2) is 28.2 Å². The molecule has 0 unspecified atom stereocenters. The van der Waals surface area contributed by atoms with E-state index in [1.807, 2.05) is 24.3 Å². The summed E-state index contributed by atoms with van der Waals surface area (Å²) in [6, 6.07) is 5.85. The van der Waals surface area contributed by atoms with Gasteiger partial charge in [0.25, 0.3) is 0 Å². The van der Waals surface area contributed by atoms with Gasteiger partial charge in [0, 0.05) is 25.1 Å². The van der Waals surface area contributed by atoms with E-state index >= 15 is 0 Å². The maximum atomic E-state index is 11.9. The molecule has 1 saturated heterocycles. The zero-order chi connectivity index (χ0) is 13.8. The largest absolute Gasteiger partial charge is 0.496 e. The quantitative estimate of drug-likeness (QED) is 0.800. The fraction of sp³-hybridized carbons (Fsp3) is 0.400. The molecule has 0 aliphatic carbocycles. The van der Waals surface area contributed by atoms with Gasteiger partial charge in [-0.25, -0.2) is 0 Å². The number of likely N-dealkylation sites (N-methyl/N-ethyl adjacent to an activating group) is 1. The molecule has 1 aromatic rings. The van der Waals surface area contributed by atoms with Gasteiger partial charge in [-0.15, -0.1) is 0 Å². The van der Waals surface area contributed by atoms with Gasteiger partial charge in [0.15, 0.2) is 5.78 Å². The highest BCUT2D eigenvalue weighted by molar-refractivity contribution is 9.10. The number of likely N-dealkylation sites (tertiary alicyclic amines) is 1. The zero-order valence-electron chi connectivity index (χ0n) is 11.3. The summed E-state index contributed by atoms with van der Waals surface area (Å²) in [5.74, 6) is 1.06. The van der Waals surface area contributed by atoms with Crippen molar-refractivity contribution in [1.82, 2.24) is 4.90 Å². The van der Waals surface area contributed by atoms with E-state index in [9.17, 15) is 4.79 Å². The highest BCUT2D eigenvalue weighted by Crippen LogP contribution is 2.27. The van der Waals surface area contributed by atoms with Gasteiger partial charge in [-0.05, 0) is 46.2 Å². The molecule has 1 aromatic carbocycles. The number of hydrogen-bond donors (Lipinski definition) is 0. The van der Waals surface area contributed by atoms with Crippen LogP contribution in [0.5, 0.6) is 5.75 Å². The number of carbonyl (C=O) groups is 1. The molecular formula is C15H18BrNO2. The Kier molecular flexibility index (Phi) is 4.77. The summed E-state index contributed by atoms with van der Waals surface area (Å²) in [4.78, 5) is 14.2. The van der Waals surface area contributed by atoms with Crippen molar-refractivity contribution in [3.05, 3.63) is 33.8 Å². The molecule has 1 aliphatic heterocycles. The first-order valence-electron chi connectivity index (χ1n) is 6.43. The maximum absolute atomic E-state index is 11.9. The Hall–Kier alpha value is -1.13. The molecular weight excluding hydrogens is 306 g/mol. The summed E-state index contributed by atoms with van der Waals surface area (Å²) < 4.78 is 6.11. The molecule has 0 bridgehead atoms. The van der Waals surface area contributed by atoms with Crippen LogP contribution in [-0.4, -0.2) is 37.4 Å². The number of rotatable bonds is 3. The molecule has 19 heavy (non-hydrogen) atoms. The van der Waals surface area contributed by atoms with E-state index in [0.29, 0.717) is 6.42 Å². The lowest BCUT2D eigenvalue weighted by Crippen LogP contribution is -2.35. The Morgan fingerprint density at radius 3 is 2.89 bits per heavy atom. The molecule has 0 saturated carbocycles. The topological polar surface area (TPSA) is 29.5 Å². The smallest absolute Gasteiger partial charge is 0.161 e. The average molecular weight is 324 g/mol. The highest BCUT2D eigenvalue weighted by Gasteiger charge is 2.19. The standard InChI is InChI=1S/C15H18BrNO2/c1-3-17-7-6-14(18)12(10-17)8-11-4-5-15(19-2)13(16)9-11/h4-5,8-9H,3,6-7,10H2,1-2H3/b12-8+. The van der Waals surface area contributed by atoms with E-state index in [4.69, 9.17) is 4.74 Å². The van der Waals surface area contributed by atoms with E-state index in [1.54, 1.807) is 7.11 Å². The number of hydrogen-bond acceptors (Lipinski definition) is 3. The molecule has 0 amide bonds. The molecule has 102 valence electrons. The van der Waals surface area contributed by atoms with Crippen molar-refractivity contribution in [3.8, 4) is 5.75 Å². The Morgan fingerprint density at radius 1 is 1.47 bits per heavy atom. The van der Waals surface area contributed by atoms with Crippen molar-refractivity contribution >= 4 is 27.8 Å². The minimum atomic E-state index is 0.261. The van der Waals surface area contributed by atoms with Crippen molar-refractivity contribution < 1.29 is 9.53 Å². The Morgan fingerprint density at radius 2 is 2.26 bits per heavy atom. The van der Waals surface area contributed by atoms with E-state index < -0.39 is 0 Å². The number of Topliss-reactive ketones (excluding diaryl/α,β-unsaturated/α-hetero) is 1. The number of nitrogens with zero attached hydrogens (tertiary/aromatic N) is 1. The summed E-state index contributed by atoms with van der Waals surface area (Å²) in [5, 5.41) is 0. The molecule has 0 N–H and O–H groups in total. The SMILES string of the molecule is CCN1CCC(=O)/C(=C/c2ccc(OC)c(Br)c2)C1. The Labute approximate surface area is 122 Å². The number of methoxy groups -OCH3 is 1. The van der Waals surface area contributed by atoms with Gasteiger partial charge in [-0.3, -0.25) is 9.69 Å². The van der Waals surface area contributed by atoms with Crippen LogP contribution >= 0.6 is 15.9 Å². The van der Waals surface area contributed by atoms with Gasteiger partial charge in [-0.1, -0.05) is 13.0 Å². The molecule has 2 rings (SSSR count). The molecule has 0 spiro atoms. The van der Waals surface area contributed by atoms with Crippen molar-refractivity contribution in [1.29, 1.82) is 0 Å². The predicted octanol–water partition coefficient (Wildman–Crippen LogP) is 3.14. The Balaban J connectivity index is 2.24. The number of piperidine rings is 1. The van der Waals surface area contributed by atoms with E-state index in [0.717, 1.165) is 41.0 Å². The monoisotopic (exact) mass is 323 g/mol.